The molecule has 0 spiro atoms. The van der Waals surface area contributed by atoms with Crippen LogP contribution >= 0.6 is 11.3 Å². The Labute approximate surface area is 297 Å². The van der Waals surface area contributed by atoms with Crippen molar-refractivity contribution in [3.05, 3.63) is 176 Å². The Morgan fingerprint density at radius 2 is 1.00 bits per heavy atom. The quantitative estimate of drug-likeness (QED) is 0.183. The molecule has 51 heavy (non-hydrogen) atoms. The Morgan fingerprint density at radius 3 is 1.78 bits per heavy atom. The fraction of sp³-hybridized carbons (Fsp3) is 0. The van der Waals surface area contributed by atoms with E-state index in [1.807, 2.05) is 11.3 Å². The number of thiophene rings is 1. The second-order valence-electron chi connectivity index (χ2n) is 13.2. The lowest BCUT2D eigenvalue weighted by molar-refractivity contribution is 1.18. The lowest BCUT2D eigenvalue weighted by Gasteiger charge is -2.11. The summed E-state index contributed by atoms with van der Waals surface area (Å²) in [6.07, 6.45) is 0. The largest absolute Gasteiger partial charge is 0.309 e. The zero-order valence-corrected chi connectivity index (χ0v) is 28.3. The van der Waals surface area contributed by atoms with Gasteiger partial charge in [0.15, 0.2) is 5.65 Å². The van der Waals surface area contributed by atoms with Gasteiger partial charge in [-0.3, -0.25) is 4.40 Å². The van der Waals surface area contributed by atoms with E-state index in [0.29, 0.717) is 0 Å². The van der Waals surface area contributed by atoms with E-state index in [-0.39, 0.29) is 0 Å². The molecule has 0 aliphatic heterocycles. The van der Waals surface area contributed by atoms with E-state index in [2.05, 4.69) is 185 Å². The number of hydrogen-bond acceptors (Lipinski definition) is 2. The number of hydrogen-bond donors (Lipinski definition) is 0. The molecular weight excluding hydrogens is 639 g/mol. The zero-order chi connectivity index (χ0) is 33.5. The van der Waals surface area contributed by atoms with Crippen LogP contribution < -0.4 is 0 Å². The fourth-order valence-electron chi connectivity index (χ4n) is 7.91. The molecule has 0 saturated heterocycles. The molecule has 0 atom stereocenters. The van der Waals surface area contributed by atoms with E-state index in [4.69, 9.17) is 4.98 Å². The van der Waals surface area contributed by atoms with Crippen LogP contribution in [0.25, 0.3) is 97.9 Å². The highest BCUT2D eigenvalue weighted by Crippen LogP contribution is 2.41. The van der Waals surface area contributed by atoms with Crippen molar-refractivity contribution in [2.45, 2.75) is 0 Å². The zero-order valence-electron chi connectivity index (χ0n) is 27.5. The number of para-hydroxylation sites is 4. The maximum Gasteiger partial charge on any atom is 0.156 e. The first-order chi connectivity index (χ1) is 25.3. The summed E-state index contributed by atoms with van der Waals surface area (Å²) in [6, 6.07) is 63.6. The first-order valence-corrected chi connectivity index (χ1v) is 18.1. The van der Waals surface area contributed by atoms with Crippen LogP contribution in [0.15, 0.2) is 176 Å². The molecule has 0 unspecified atom stereocenters. The molecule has 0 aliphatic carbocycles. The van der Waals surface area contributed by atoms with Crippen LogP contribution in [0.3, 0.4) is 0 Å². The number of aromatic nitrogens is 3. The van der Waals surface area contributed by atoms with Gasteiger partial charge >= 0.3 is 0 Å². The van der Waals surface area contributed by atoms with E-state index in [1.54, 1.807) is 0 Å². The maximum absolute atomic E-state index is 5.14. The van der Waals surface area contributed by atoms with Gasteiger partial charge in [0.1, 0.15) is 0 Å². The monoisotopic (exact) mass is 667 g/mol. The summed E-state index contributed by atoms with van der Waals surface area (Å²) in [6.45, 7) is 0. The SMILES string of the molecule is c1ccc(-n2c3ccccc3c3cc(-c4ccc(-c5ccc(-c6cc7c8ccccc8sc7c7nc8ccccc8n67)cc5)cc4)ccc32)cc1. The van der Waals surface area contributed by atoms with Crippen LogP contribution in [0.5, 0.6) is 0 Å². The molecule has 4 heterocycles. The summed E-state index contributed by atoms with van der Waals surface area (Å²) in [4.78, 5) is 5.14. The first-order valence-electron chi connectivity index (χ1n) is 17.3. The minimum Gasteiger partial charge on any atom is -0.309 e. The number of fused-ring (bicyclic) bond motifs is 10. The third kappa shape index (κ3) is 4.33. The van der Waals surface area contributed by atoms with E-state index in [9.17, 15) is 0 Å². The number of rotatable bonds is 4. The first kappa shape index (κ1) is 28.4. The predicted octanol–water partition coefficient (Wildman–Crippen LogP) is 13.0. The van der Waals surface area contributed by atoms with Crippen molar-refractivity contribution >= 4 is 70.0 Å². The van der Waals surface area contributed by atoms with Crippen LogP contribution in [0.1, 0.15) is 0 Å². The van der Waals surface area contributed by atoms with Crippen molar-refractivity contribution < 1.29 is 0 Å². The van der Waals surface area contributed by atoms with Gasteiger partial charge in [-0.2, -0.15) is 0 Å². The van der Waals surface area contributed by atoms with Crippen molar-refractivity contribution in [2.24, 2.45) is 0 Å². The van der Waals surface area contributed by atoms with Crippen LogP contribution in [0, 0.1) is 0 Å². The third-order valence-corrected chi connectivity index (χ3v) is 11.5. The molecule has 0 amide bonds. The molecule has 7 aromatic carbocycles. The normalized spacial score (nSPS) is 11.9. The minimum absolute atomic E-state index is 1.02. The molecule has 4 heteroatoms. The topological polar surface area (TPSA) is 22.2 Å². The molecule has 4 aromatic heterocycles. The van der Waals surface area contributed by atoms with Crippen molar-refractivity contribution in [1.29, 1.82) is 0 Å². The summed E-state index contributed by atoms with van der Waals surface area (Å²) in [7, 11) is 0. The molecule has 3 nitrogen and oxygen atoms in total. The van der Waals surface area contributed by atoms with Gasteiger partial charge in [-0.1, -0.05) is 121 Å². The van der Waals surface area contributed by atoms with E-state index in [1.165, 1.54) is 75.5 Å². The molecule has 0 fully saturated rings. The van der Waals surface area contributed by atoms with Crippen LogP contribution in [-0.4, -0.2) is 14.0 Å². The van der Waals surface area contributed by atoms with Crippen molar-refractivity contribution in [1.82, 2.24) is 14.0 Å². The lowest BCUT2D eigenvalue weighted by Crippen LogP contribution is -1.93. The smallest absolute Gasteiger partial charge is 0.156 e. The Hall–Kier alpha value is -6.49. The lowest BCUT2D eigenvalue weighted by atomic mass is 9.98. The molecular formula is C47H29N3S. The molecule has 0 radical (unpaired) electrons. The number of nitrogens with zero attached hydrogens (tertiary/aromatic N) is 3. The Kier molecular flexibility index (Phi) is 6.12. The summed E-state index contributed by atoms with van der Waals surface area (Å²) in [5.74, 6) is 0. The summed E-state index contributed by atoms with van der Waals surface area (Å²) in [5.41, 5.74) is 13.9. The van der Waals surface area contributed by atoms with Crippen molar-refractivity contribution in [3.8, 4) is 39.2 Å². The molecule has 0 saturated carbocycles. The predicted molar refractivity (Wildman–Crippen MR) is 216 cm³/mol. The maximum atomic E-state index is 5.14. The third-order valence-electron chi connectivity index (χ3n) is 10.3. The summed E-state index contributed by atoms with van der Waals surface area (Å²) in [5, 5.41) is 5.07. The Balaban J connectivity index is 0.974. The summed E-state index contributed by atoms with van der Waals surface area (Å²) < 4.78 is 7.22. The number of benzene rings is 7. The number of imidazole rings is 1. The Bertz CT molecular complexity index is 3110. The number of pyridine rings is 1. The molecule has 0 N–H and O–H groups in total. The van der Waals surface area contributed by atoms with Gasteiger partial charge in [0.05, 0.1) is 32.5 Å². The average Bonchev–Trinajstić information content (AvgIpc) is 3.88. The minimum atomic E-state index is 1.02. The highest BCUT2D eigenvalue weighted by atomic mass is 32.1. The van der Waals surface area contributed by atoms with Crippen LogP contribution in [0.2, 0.25) is 0 Å². The van der Waals surface area contributed by atoms with Crippen LogP contribution in [0.4, 0.5) is 0 Å². The molecule has 0 aliphatic rings. The van der Waals surface area contributed by atoms with Crippen LogP contribution in [-0.2, 0) is 0 Å². The fourth-order valence-corrected chi connectivity index (χ4v) is 9.07. The standard InChI is InChI=1S/C47H29N3S/c1-2-10-35(11-3-1)49-41-15-7-4-12-36(41)38-28-34(26-27-42(38)49)32-20-18-30(19-21-32)31-22-24-33(25-23-31)44-29-39-37-13-5-9-17-45(37)51-46(39)47-48-40-14-6-8-16-43(40)50(44)47/h1-29H. The van der Waals surface area contributed by atoms with Crippen molar-refractivity contribution in [2.75, 3.05) is 0 Å². The second-order valence-corrected chi connectivity index (χ2v) is 14.3. The molecule has 238 valence electrons. The van der Waals surface area contributed by atoms with Gasteiger partial charge in [-0.25, -0.2) is 4.98 Å². The van der Waals surface area contributed by atoms with Gasteiger partial charge in [0.25, 0.3) is 0 Å². The average molecular weight is 668 g/mol. The summed E-state index contributed by atoms with van der Waals surface area (Å²) >= 11 is 1.83. The van der Waals surface area contributed by atoms with Gasteiger partial charge in [-0.15, -0.1) is 11.3 Å². The second kappa shape index (κ2) is 11.0. The molecule has 11 rings (SSSR count). The van der Waals surface area contributed by atoms with Gasteiger partial charge < -0.3 is 4.57 Å². The Morgan fingerprint density at radius 1 is 0.412 bits per heavy atom. The molecule has 11 aromatic rings. The molecule has 0 bridgehead atoms. The van der Waals surface area contributed by atoms with Crippen molar-refractivity contribution in [3.63, 3.8) is 0 Å². The van der Waals surface area contributed by atoms with Gasteiger partial charge in [-0.05, 0) is 82.4 Å². The van der Waals surface area contributed by atoms with Gasteiger partial charge in [0, 0.05) is 31.9 Å². The highest BCUT2D eigenvalue weighted by Gasteiger charge is 2.18. The van der Waals surface area contributed by atoms with E-state index >= 15 is 0 Å². The van der Waals surface area contributed by atoms with Gasteiger partial charge in [0.2, 0.25) is 0 Å². The van der Waals surface area contributed by atoms with E-state index < -0.39 is 0 Å². The highest BCUT2D eigenvalue weighted by molar-refractivity contribution is 7.26. The van der Waals surface area contributed by atoms with E-state index in [0.717, 1.165) is 22.4 Å².